The molecule has 0 radical (unpaired) electrons. The molecule has 1 aliphatic heterocycles. The molecule has 0 unspecified atom stereocenters. The van der Waals surface area contributed by atoms with E-state index in [4.69, 9.17) is 4.98 Å². The van der Waals surface area contributed by atoms with Crippen molar-refractivity contribution in [1.82, 2.24) is 19.3 Å². The lowest BCUT2D eigenvalue weighted by Gasteiger charge is -2.34. The monoisotopic (exact) mass is 306 g/mol. The first-order chi connectivity index (χ1) is 11.3. The summed E-state index contributed by atoms with van der Waals surface area (Å²) in [5.74, 6) is 0. The maximum Gasteiger partial charge on any atom is 0.137 e. The molecule has 23 heavy (non-hydrogen) atoms. The van der Waals surface area contributed by atoms with Gasteiger partial charge in [0.05, 0.1) is 17.4 Å². The van der Waals surface area contributed by atoms with Crippen molar-refractivity contribution in [2.45, 2.75) is 38.8 Å². The van der Waals surface area contributed by atoms with Gasteiger partial charge in [-0.1, -0.05) is 12.5 Å². The van der Waals surface area contributed by atoms with Gasteiger partial charge in [0.25, 0.3) is 0 Å². The highest BCUT2D eigenvalue weighted by Gasteiger charge is 2.25. The van der Waals surface area contributed by atoms with Crippen LogP contribution < -0.4 is 0 Å². The predicted molar refractivity (Wildman–Crippen MR) is 91.2 cm³/mol. The van der Waals surface area contributed by atoms with Crippen molar-refractivity contribution >= 4 is 5.65 Å². The number of fused-ring (bicyclic) bond motifs is 1. The Bertz CT molecular complexity index is 793. The van der Waals surface area contributed by atoms with Crippen LogP contribution in [-0.2, 0) is 6.54 Å². The molecule has 3 aromatic heterocycles. The highest BCUT2D eigenvalue weighted by atomic mass is 15.2. The van der Waals surface area contributed by atoms with E-state index in [1.807, 2.05) is 12.3 Å². The van der Waals surface area contributed by atoms with Gasteiger partial charge in [0, 0.05) is 25.1 Å². The van der Waals surface area contributed by atoms with Crippen molar-refractivity contribution < 1.29 is 0 Å². The van der Waals surface area contributed by atoms with Crippen molar-refractivity contribution in [3.8, 4) is 0 Å². The molecule has 0 aromatic carbocycles. The van der Waals surface area contributed by atoms with Crippen LogP contribution in [0.25, 0.3) is 5.65 Å². The Balaban J connectivity index is 1.59. The van der Waals surface area contributed by atoms with Gasteiger partial charge in [-0.05, 0) is 56.1 Å². The Morgan fingerprint density at radius 2 is 2.17 bits per heavy atom. The summed E-state index contributed by atoms with van der Waals surface area (Å²) in [4.78, 5) is 11.9. The van der Waals surface area contributed by atoms with Gasteiger partial charge in [0.1, 0.15) is 5.65 Å². The van der Waals surface area contributed by atoms with Crippen LogP contribution in [0, 0.1) is 6.92 Å². The molecule has 1 aliphatic rings. The first-order valence-electron chi connectivity index (χ1n) is 8.39. The van der Waals surface area contributed by atoms with Gasteiger partial charge in [-0.3, -0.25) is 9.88 Å². The molecule has 4 nitrogen and oxygen atoms in total. The number of hydrogen-bond donors (Lipinski definition) is 0. The Morgan fingerprint density at radius 1 is 1.22 bits per heavy atom. The normalized spacial score (nSPS) is 19.3. The molecule has 4 heterocycles. The number of likely N-dealkylation sites (tertiary alicyclic amines) is 1. The SMILES string of the molecule is Cc1ccn2cc(CN3CCCC[C@@H]3c3ccccn3)nc2c1. The maximum atomic E-state index is 4.80. The largest absolute Gasteiger partial charge is 0.307 e. The molecule has 1 saturated heterocycles. The summed E-state index contributed by atoms with van der Waals surface area (Å²) < 4.78 is 2.11. The van der Waals surface area contributed by atoms with E-state index in [1.165, 1.54) is 30.5 Å². The topological polar surface area (TPSA) is 33.4 Å². The van der Waals surface area contributed by atoms with Crippen molar-refractivity contribution in [1.29, 1.82) is 0 Å². The third kappa shape index (κ3) is 2.99. The maximum absolute atomic E-state index is 4.80. The number of imidazole rings is 1. The molecule has 118 valence electrons. The van der Waals surface area contributed by atoms with Gasteiger partial charge in [-0.15, -0.1) is 0 Å². The van der Waals surface area contributed by atoms with Crippen LogP contribution in [0.5, 0.6) is 0 Å². The lowest BCUT2D eigenvalue weighted by Crippen LogP contribution is -2.33. The number of aromatic nitrogens is 3. The fraction of sp³-hybridized carbons (Fsp3) is 0.368. The molecule has 0 amide bonds. The number of pyridine rings is 2. The molecule has 4 heteroatoms. The lowest BCUT2D eigenvalue weighted by molar-refractivity contribution is 0.136. The first-order valence-corrected chi connectivity index (χ1v) is 8.39. The minimum absolute atomic E-state index is 0.413. The van der Waals surface area contributed by atoms with E-state index in [2.05, 4.69) is 57.9 Å². The molecule has 3 aromatic rings. The first kappa shape index (κ1) is 14.4. The molecule has 0 bridgehead atoms. The average molecular weight is 306 g/mol. The second-order valence-corrected chi connectivity index (χ2v) is 6.44. The van der Waals surface area contributed by atoms with E-state index in [0.717, 1.165) is 24.4 Å². The van der Waals surface area contributed by atoms with E-state index < -0.39 is 0 Å². The lowest BCUT2D eigenvalue weighted by atomic mass is 9.98. The minimum atomic E-state index is 0.413. The van der Waals surface area contributed by atoms with E-state index in [-0.39, 0.29) is 0 Å². The number of aryl methyl sites for hydroxylation is 1. The minimum Gasteiger partial charge on any atom is -0.307 e. The van der Waals surface area contributed by atoms with E-state index in [0.29, 0.717) is 6.04 Å². The highest BCUT2D eigenvalue weighted by Crippen LogP contribution is 2.30. The Morgan fingerprint density at radius 3 is 3.04 bits per heavy atom. The average Bonchev–Trinajstić information content (AvgIpc) is 2.97. The summed E-state index contributed by atoms with van der Waals surface area (Å²) in [6, 6.07) is 10.9. The van der Waals surface area contributed by atoms with Gasteiger partial charge in [-0.2, -0.15) is 0 Å². The Labute approximate surface area is 136 Å². The molecular formula is C19H22N4. The zero-order valence-corrected chi connectivity index (χ0v) is 13.5. The fourth-order valence-electron chi connectivity index (χ4n) is 3.51. The van der Waals surface area contributed by atoms with Crippen molar-refractivity contribution in [2.24, 2.45) is 0 Å². The second-order valence-electron chi connectivity index (χ2n) is 6.44. The third-order valence-electron chi connectivity index (χ3n) is 4.67. The Kier molecular flexibility index (Phi) is 3.83. The Hall–Kier alpha value is -2.20. The molecule has 0 N–H and O–H groups in total. The van der Waals surface area contributed by atoms with Crippen molar-refractivity contribution in [2.75, 3.05) is 6.54 Å². The quantitative estimate of drug-likeness (QED) is 0.738. The molecular weight excluding hydrogens is 284 g/mol. The van der Waals surface area contributed by atoms with Crippen LogP contribution in [0.15, 0.2) is 48.9 Å². The van der Waals surface area contributed by atoms with Crippen LogP contribution in [0.3, 0.4) is 0 Å². The van der Waals surface area contributed by atoms with Gasteiger partial charge in [-0.25, -0.2) is 4.98 Å². The number of rotatable bonds is 3. The summed E-state index contributed by atoms with van der Waals surface area (Å²) in [6.07, 6.45) is 9.86. The summed E-state index contributed by atoms with van der Waals surface area (Å²) in [5, 5.41) is 0. The summed E-state index contributed by atoms with van der Waals surface area (Å²) in [7, 11) is 0. The molecule has 4 rings (SSSR count). The smallest absolute Gasteiger partial charge is 0.137 e. The van der Waals surface area contributed by atoms with Gasteiger partial charge in [0.15, 0.2) is 0 Å². The highest BCUT2D eigenvalue weighted by molar-refractivity contribution is 5.42. The number of hydrogen-bond acceptors (Lipinski definition) is 3. The summed E-state index contributed by atoms with van der Waals surface area (Å²) in [6.45, 7) is 4.12. The molecule has 0 aliphatic carbocycles. The zero-order valence-electron chi connectivity index (χ0n) is 13.5. The summed E-state index contributed by atoms with van der Waals surface area (Å²) >= 11 is 0. The molecule has 1 fully saturated rings. The molecule has 1 atom stereocenters. The molecule has 0 saturated carbocycles. The van der Waals surface area contributed by atoms with Crippen LogP contribution in [0.2, 0.25) is 0 Å². The van der Waals surface area contributed by atoms with Gasteiger partial charge < -0.3 is 4.40 Å². The van der Waals surface area contributed by atoms with Gasteiger partial charge >= 0.3 is 0 Å². The fourth-order valence-corrected chi connectivity index (χ4v) is 3.51. The van der Waals surface area contributed by atoms with E-state index >= 15 is 0 Å². The van der Waals surface area contributed by atoms with Crippen LogP contribution in [0.1, 0.15) is 42.3 Å². The second kappa shape index (κ2) is 6.13. The van der Waals surface area contributed by atoms with Crippen LogP contribution >= 0.6 is 0 Å². The zero-order chi connectivity index (χ0) is 15.6. The standard InChI is InChI=1S/C19H22N4/c1-15-8-11-23-14-16(21-19(23)12-15)13-22-10-5-3-7-18(22)17-6-2-4-9-20-17/h2,4,6,8-9,11-12,14,18H,3,5,7,10,13H2,1H3/t18-/m1/s1. The summed E-state index contributed by atoms with van der Waals surface area (Å²) in [5.41, 5.74) is 4.61. The third-order valence-corrected chi connectivity index (χ3v) is 4.67. The van der Waals surface area contributed by atoms with Crippen LogP contribution in [0.4, 0.5) is 0 Å². The van der Waals surface area contributed by atoms with Crippen LogP contribution in [-0.4, -0.2) is 25.8 Å². The van der Waals surface area contributed by atoms with Crippen molar-refractivity contribution in [3.63, 3.8) is 0 Å². The van der Waals surface area contributed by atoms with E-state index in [1.54, 1.807) is 0 Å². The number of nitrogens with zero attached hydrogens (tertiary/aromatic N) is 4. The van der Waals surface area contributed by atoms with E-state index in [9.17, 15) is 0 Å². The predicted octanol–water partition coefficient (Wildman–Crippen LogP) is 3.76. The molecule has 0 spiro atoms. The van der Waals surface area contributed by atoms with Gasteiger partial charge in [0.2, 0.25) is 0 Å². The van der Waals surface area contributed by atoms with Crippen molar-refractivity contribution in [3.05, 3.63) is 65.9 Å². The number of piperidine rings is 1.